The molecule has 1 amide bonds. The highest BCUT2D eigenvalue weighted by Gasteiger charge is 2.11. The number of hydrogen-bond donors (Lipinski definition) is 0. The Kier molecular flexibility index (Phi) is 5.83. The van der Waals surface area contributed by atoms with Crippen LogP contribution in [-0.4, -0.2) is 50.1 Å². The van der Waals surface area contributed by atoms with Gasteiger partial charge in [-0.05, 0) is 37.7 Å². The normalized spacial score (nSPS) is 10.9. The van der Waals surface area contributed by atoms with Crippen LogP contribution in [0.25, 0.3) is 0 Å². The Morgan fingerprint density at radius 3 is 2.47 bits per heavy atom. The monoisotopic (exact) mass is 264 g/mol. The van der Waals surface area contributed by atoms with Crippen molar-refractivity contribution in [3.05, 3.63) is 29.8 Å². The molecule has 0 aromatic heterocycles. The van der Waals surface area contributed by atoms with E-state index in [0.717, 1.165) is 6.54 Å². The zero-order chi connectivity index (χ0) is 14.4. The Labute approximate surface area is 116 Å². The first kappa shape index (κ1) is 15.5. The van der Waals surface area contributed by atoms with E-state index in [9.17, 15) is 4.79 Å². The number of amides is 1. The molecule has 0 fully saturated rings. The summed E-state index contributed by atoms with van der Waals surface area (Å²) in [5, 5.41) is 0. The van der Waals surface area contributed by atoms with Gasteiger partial charge in [-0.3, -0.25) is 0 Å². The van der Waals surface area contributed by atoms with Crippen molar-refractivity contribution in [1.29, 1.82) is 0 Å². The summed E-state index contributed by atoms with van der Waals surface area (Å²) in [5.74, 6) is 1.03. The summed E-state index contributed by atoms with van der Waals surface area (Å²) in [7, 11) is 5.70. The van der Waals surface area contributed by atoms with Crippen LogP contribution in [0, 0.1) is 0 Å². The minimum Gasteiger partial charge on any atom is -0.410 e. The minimum atomic E-state index is -0.317. The molecule has 0 spiro atoms. The van der Waals surface area contributed by atoms with Gasteiger partial charge in [0.05, 0.1) is 0 Å². The van der Waals surface area contributed by atoms with Crippen LogP contribution in [0.15, 0.2) is 24.3 Å². The average Bonchev–Trinajstić information content (AvgIpc) is 2.36. The van der Waals surface area contributed by atoms with E-state index in [0.29, 0.717) is 18.2 Å². The average molecular weight is 264 g/mol. The van der Waals surface area contributed by atoms with Gasteiger partial charge in [0.1, 0.15) is 5.75 Å². The molecule has 19 heavy (non-hydrogen) atoms. The zero-order valence-electron chi connectivity index (χ0n) is 12.5. The van der Waals surface area contributed by atoms with E-state index in [1.165, 1.54) is 5.56 Å². The fourth-order valence-corrected chi connectivity index (χ4v) is 1.56. The van der Waals surface area contributed by atoms with Crippen LogP contribution in [0.2, 0.25) is 0 Å². The highest BCUT2D eigenvalue weighted by atomic mass is 16.6. The molecule has 0 aliphatic heterocycles. The molecule has 0 radical (unpaired) electrons. The van der Waals surface area contributed by atoms with Crippen LogP contribution < -0.4 is 4.74 Å². The van der Waals surface area contributed by atoms with Gasteiger partial charge in [-0.1, -0.05) is 26.0 Å². The van der Waals surface area contributed by atoms with Gasteiger partial charge in [-0.2, -0.15) is 0 Å². The van der Waals surface area contributed by atoms with Gasteiger partial charge in [0.2, 0.25) is 0 Å². The van der Waals surface area contributed by atoms with Crippen LogP contribution in [0.4, 0.5) is 4.79 Å². The lowest BCUT2D eigenvalue weighted by atomic mass is 10.0. The predicted molar refractivity (Wildman–Crippen MR) is 77.7 cm³/mol. The molecule has 1 rings (SSSR count). The molecule has 0 N–H and O–H groups in total. The molecule has 0 unspecified atom stereocenters. The van der Waals surface area contributed by atoms with E-state index >= 15 is 0 Å². The van der Waals surface area contributed by atoms with Crippen molar-refractivity contribution in [2.45, 2.75) is 19.8 Å². The molecule has 1 aromatic carbocycles. The van der Waals surface area contributed by atoms with Crippen LogP contribution >= 0.6 is 0 Å². The lowest BCUT2D eigenvalue weighted by molar-refractivity contribution is 0.159. The number of hydrogen-bond acceptors (Lipinski definition) is 3. The number of carbonyl (C=O) groups excluding carboxylic acids is 1. The molecule has 4 nitrogen and oxygen atoms in total. The van der Waals surface area contributed by atoms with Gasteiger partial charge in [-0.15, -0.1) is 0 Å². The Morgan fingerprint density at radius 1 is 1.21 bits per heavy atom. The maximum atomic E-state index is 11.9. The number of likely N-dealkylation sites (N-methyl/N-ethyl adjacent to an activating group) is 2. The largest absolute Gasteiger partial charge is 0.415 e. The van der Waals surface area contributed by atoms with Crippen molar-refractivity contribution in [2.75, 3.05) is 34.2 Å². The molecule has 4 heteroatoms. The Hall–Kier alpha value is -1.55. The van der Waals surface area contributed by atoms with Crippen molar-refractivity contribution in [3.63, 3.8) is 0 Å². The van der Waals surface area contributed by atoms with Gasteiger partial charge in [0.15, 0.2) is 0 Å². The molecule has 1 aromatic rings. The van der Waals surface area contributed by atoms with Crippen LogP contribution in [0.3, 0.4) is 0 Å². The summed E-state index contributed by atoms with van der Waals surface area (Å²) < 4.78 is 5.37. The maximum absolute atomic E-state index is 11.9. The first-order valence-corrected chi connectivity index (χ1v) is 6.57. The Morgan fingerprint density at radius 2 is 1.89 bits per heavy atom. The minimum absolute atomic E-state index is 0.317. The first-order chi connectivity index (χ1) is 8.90. The summed E-state index contributed by atoms with van der Waals surface area (Å²) in [5.41, 5.74) is 1.17. The van der Waals surface area contributed by atoms with E-state index in [4.69, 9.17) is 4.74 Å². The number of ether oxygens (including phenoxy) is 1. The standard InChI is InChI=1S/C15H24N2O2/c1-12(2)13-7-6-8-14(11-13)19-15(18)17(5)10-9-16(3)4/h6-8,11-12H,9-10H2,1-5H3. The van der Waals surface area contributed by atoms with Gasteiger partial charge in [0, 0.05) is 20.1 Å². The third-order valence-electron chi connectivity index (χ3n) is 2.92. The summed E-state index contributed by atoms with van der Waals surface area (Å²) >= 11 is 0. The SMILES string of the molecule is CC(C)c1cccc(OC(=O)N(C)CCN(C)C)c1. The van der Waals surface area contributed by atoms with Crippen molar-refractivity contribution in [1.82, 2.24) is 9.80 Å². The molecule has 0 bridgehead atoms. The van der Waals surface area contributed by atoms with Crippen molar-refractivity contribution >= 4 is 6.09 Å². The zero-order valence-corrected chi connectivity index (χ0v) is 12.5. The molecule has 0 aliphatic carbocycles. The van der Waals surface area contributed by atoms with Crippen LogP contribution in [0.1, 0.15) is 25.3 Å². The molecular formula is C15H24N2O2. The molecule has 0 saturated heterocycles. The van der Waals surface area contributed by atoms with E-state index in [-0.39, 0.29) is 6.09 Å². The number of benzene rings is 1. The van der Waals surface area contributed by atoms with E-state index in [1.54, 1.807) is 11.9 Å². The van der Waals surface area contributed by atoms with Gasteiger partial charge >= 0.3 is 6.09 Å². The summed E-state index contributed by atoms with van der Waals surface area (Å²) in [4.78, 5) is 15.5. The summed E-state index contributed by atoms with van der Waals surface area (Å²) in [6.45, 7) is 5.70. The highest BCUT2D eigenvalue weighted by Crippen LogP contribution is 2.20. The smallest absolute Gasteiger partial charge is 0.410 e. The second-order valence-corrected chi connectivity index (χ2v) is 5.32. The van der Waals surface area contributed by atoms with E-state index in [1.807, 2.05) is 43.3 Å². The van der Waals surface area contributed by atoms with Gasteiger partial charge in [0.25, 0.3) is 0 Å². The van der Waals surface area contributed by atoms with E-state index in [2.05, 4.69) is 13.8 Å². The number of rotatable bonds is 5. The predicted octanol–water partition coefficient (Wildman–Crippen LogP) is 2.80. The lowest BCUT2D eigenvalue weighted by Gasteiger charge is -2.19. The number of nitrogens with zero attached hydrogens (tertiary/aromatic N) is 2. The molecule has 0 atom stereocenters. The first-order valence-electron chi connectivity index (χ1n) is 6.57. The number of carbonyl (C=O) groups is 1. The molecule has 106 valence electrons. The van der Waals surface area contributed by atoms with Gasteiger partial charge in [-0.25, -0.2) is 4.79 Å². The third-order valence-corrected chi connectivity index (χ3v) is 2.92. The summed E-state index contributed by atoms with van der Waals surface area (Å²) in [6, 6.07) is 7.68. The fourth-order valence-electron chi connectivity index (χ4n) is 1.56. The van der Waals surface area contributed by atoms with Crippen molar-refractivity contribution < 1.29 is 9.53 Å². The van der Waals surface area contributed by atoms with Gasteiger partial charge < -0.3 is 14.5 Å². The van der Waals surface area contributed by atoms with Crippen molar-refractivity contribution in [3.8, 4) is 5.75 Å². The lowest BCUT2D eigenvalue weighted by Crippen LogP contribution is -2.35. The third kappa shape index (κ3) is 5.30. The molecular weight excluding hydrogens is 240 g/mol. The van der Waals surface area contributed by atoms with Crippen molar-refractivity contribution in [2.24, 2.45) is 0 Å². The Bertz CT molecular complexity index is 416. The fraction of sp³-hybridized carbons (Fsp3) is 0.533. The second-order valence-electron chi connectivity index (χ2n) is 5.32. The van der Waals surface area contributed by atoms with Crippen LogP contribution in [0.5, 0.6) is 5.75 Å². The molecule has 0 saturated carbocycles. The van der Waals surface area contributed by atoms with Crippen LogP contribution in [-0.2, 0) is 0 Å². The molecule has 0 aliphatic rings. The Balaban J connectivity index is 2.58. The topological polar surface area (TPSA) is 32.8 Å². The second kappa shape index (κ2) is 7.14. The highest BCUT2D eigenvalue weighted by molar-refractivity contribution is 5.70. The van der Waals surface area contributed by atoms with E-state index < -0.39 is 0 Å². The quantitative estimate of drug-likeness (QED) is 0.820. The summed E-state index contributed by atoms with van der Waals surface area (Å²) in [6.07, 6.45) is -0.317. The maximum Gasteiger partial charge on any atom is 0.415 e. The molecule has 0 heterocycles.